The van der Waals surface area contributed by atoms with Gasteiger partial charge in [-0.15, -0.1) is 0 Å². The molecular weight excluding hydrogens is 470 g/mol. The number of nitrogens with zero attached hydrogens (tertiary/aromatic N) is 6. The standard InChI is InChI=1S/C26H35N9O2/c1-27-23-22-24(35(17-28-22)26(36)30-19-5-6-19)32-25(31-23)29-20-3-2-4-21(15-20)34-11-9-33(10-12-34)16-18-7-13-37-14-8-18/h2-4,15,17-19H,5-14,16H2,1H3,(H,30,36)(H2,27,29,31,32). The molecule has 0 bridgehead atoms. The molecule has 3 N–H and O–H groups in total. The van der Waals surface area contributed by atoms with Crippen LogP contribution in [0.1, 0.15) is 25.7 Å². The van der Waals surface area contributed by atoms with E-state index >= 15 is 0 Å². The van der Waals surface area contributed by atoms with Gasteiger partial charge in [-0.1, -0.05) is 6.07 Å². The van der Waals surface area contributed by atoms with Gasteiger partial charge in [-0.2, -0.15) is 9.97 Å². The third-order valence-electron chi connectivity index (χ3n) is 7.45. The van der Waals surface area contributed by atoms with E-state index in [9.17, 15) is 4.79 Å². The van der Waals surface area contributed by atoms with Crippen molar-refractivity contribution in [2.24, 2.45) is 5.92 Å². The Morgan fingerprint density at radius 1 is 1.08 bits per heavy atom. The van der Waals surface area contributed by atoms with Gasteiger partial charge in [0.1, 0.15) is 6.33 Å². The summed E-state index contributed by atoms with van der Waals surface area (Å²) in [6, 6.07) is 8.39. The smallest absolute Gasteiger partial charge is 0.328 e. The molecule has 11 nitrogen and oxygen atoms in total. The van der Waals surface area contributed by atoms with Gasteiger partial charge in [0.25, 0.3) is 0 Å². The van der Waals surface area contributed by atoms with Crippen molar-refractivity contribution >= 4 is 40.3 Å². The summed E-state index contributed by atoms with van der Waals surface area (Å²) < 4.78 is 6.97. The number of rotatable bonds is 7. The molecule has 1 saturated carbocycles. The summed E-state index contributed by atoms with van der Waals surface area (Å²) in [5.74, 6) is 1.75. The zero-order chi connectivity index (χ0) is 25.2. The highest BCUT2D eigenvalue weighted by Crippen LogP contribution is 2.26. The van der Waals surface area contributed by atoms with Crippen molar-refractivity contribution in [3.63, 3.8) is 0 Å². The van der Waals surface area contributed by atoms with Crippen molar-refractivity contribution < 1.29 is 9.53 Å². The summed E-state index contributed by atoms with van der Waals surface area (Å²) in [6.45, 7) is 7.17. The molecule has 1 aliphatic carbocycles. The van der Waals surface area contributed by atoms with Gasteiger partial charge in [0.15, 0.2) is 17.0 Å². The lowest BCUT2D eigenvalue weighted by Crippen LogP contribution is -2.48. The van der Waals surface area contributed by atoms with Gasteiger partial charge < -0.3 is 25.6 Å². The number of hydrogen-bond donors (Lipinski definition) is 3. The quantitative estimate of drug-likeness (QED) is 0.446. The Morgan fingerprint density at radius 3 is 2.65 bits per heavy atom. The van der Waals surface area contributed by atoms with Crippen LogP contribution in [-0.2, 0) is 4.74 Å². The number of imidazole rings is 1. The first kappa shape index (κ1) is 23.9. The third kappa shape index (κ3) is 5.47. The average molecular weight is 506 g/mol. The second-order valence-corrected chi connectivity index (χ2v) is 10.2. The summed E-state index contributed by atoms with van der Waals surface area (Å²) in [5, 5.41) is 9.41. The number of piperazine rings is 1. The van der Waals surface area contributed by atoms with Crippen LogP contribution in [0.25, 0.3) is 11.2 Å². The number of benzene rings is 1. The highest BCUT2D eigenvalue weighted by atomic mass is 16.5. The Balaban J connectivity index is 1.14. The molecule has 1 amide bonds. The van der Waals surface area contributed by atoms with Crippen molar-refractivity contribution in [2.45, 2.75) is 31.7 Å². The Bertz CT molecular complexity index is 1240. The molecule has 4 heterocycles. The van der Waals surface area contributed by atoms with E-state index in [1.165, 1.54) is 36.0 Å². The number of carbonyl (C=O) groups is 1. The molecule has 0 atom stereocenters. The van der Waals surface area contributed by atoms with Crippen molar-refractivity contribution in [1.82, 2.24) is 29.7 Å². The van der Waals surface area contributed by atoms with Gasteiger partial charge in [-0.3, -0.25) is 4.90 Å². The normalized spacial score (nSPS) is 19.2. The number of aromatic nitrogens is 4. The first-order valence-corrected chi connectivity index (χ1v) is 13.3. The van der Waals surface area contributed by atoms with Gasteiger partial charge in [0, 0.05) is 70.4 Å². The Hall–Kier alpha value is -3.44. The Morgan fingerprint density at radius 2 is 1.89 bits per heavy atom. The number of anilines is 4. The van der Waals surface area contributed by atoms with Gasteiger partial charge in [-0.25, -0.2) is 14.3 Å². The molecule has 1 aromatic carbocycles. The van der Waals surface area contributed by atoms with Crippen molar-refractivity contribution in [1.29, 1.82) is 0 Å². The van der Waals surface area contributed by atoms with Gasteiger partial charge in [0.2, 0.25) is 5.95 Å². The summed E-state index contributed by atoms with van der Waals surface area (Å²) in [6.07, 6.45) is 5.91. The van der Waals surface area contributed by atoms with Crippen LogP contribution in [0.2, 0.25) is 0 Å². The van der Waals surface area contributed by atoms with Crippen LogP contribution in [0.5, 0.6) is 0 Å². The topological polar surface area (TPSA) is 112 Å². The van der Waals surface area contributed by atoms with Gasteiger partial charge in [-0.05, 0) is 49.8 Å². The third-order valence-corrected chi connectivity index (χ3v) is 7.45. The van der Waals surface area contributed by atoms with Crippen molar-refractivity contribution in [3.8, 4) is 0 Å². The molecule has 3 fully saturated rings. The first-order valence-electron chi connectivity index (χ1n) is 13.3. The zero-order valence-corrected chi connectivity index (χ0v) is 21.3. The van der Waals surface area contributed by atoms with Crippen LogP contribution >= 0.6 is 0 Å². The van der Waals surface area contributed by atoms with Crippen molar-refractivity contribution in [2.75, 3.05) is 68.5 Å². The molecule has 0 spiro atoms. The lowest BCUT2D eigenvalue weighted by atomic mass is 9.99. The van der Waals surface area contributed by atoms with Crippen LogP contribution in [0, 0.1) is 5.92 Å². The fourth-order valence-electron chi connectivity index (χ4n) is 5.14. The zero-order valence-electron chi connectivity index (χ0n) is 21.3. The van der Waals surface area contributed by atoms with Crippen LogP contribution in [0.15, 0.2) is 30.6 Å². The van der Waals surface area contributed by atoms with Crippen LogP contribution < -0.4 is 20.9 Å². The summed E-state index contributed by atoms with van der Waals surface area (Å²) in [4.78, 5) is 31.3. The maximum Gasteiger partial charge on any atom is 0.328 e. The maximum atomic E-state index is 12.7. The minimum absolute atomic E-state index is 0.213. The lowest BCUT2D eigenvalue weighted by molar-refractivity contribution is 0.0517. The number of nitrogens with one attached hydrogen (secondary N) is 3. The summed E-state index contributed by atoms with van der Waals surface area (Å²) in [5.41, 5.74) is 3.11. The van der Waals surface area contributed by atoms with E-state index in [2.05, 4.69) is 58.9 Å². The molecule has 2 saturated heterocycles. The summed E-state index contributed by atoms with van der Waals surface area (Å²) >= 11 is 0. The van der Waals surface area contributed by atoms with E-state index in [0.29, 0.717) is 22.9 Å². The second kappa shape index (κ2) is 10.5. The molecular formula is C26H35N9O2. The van der Waals surface area contributed by atoms with Crippen molar-refractivity contribution in [3.05, 3.63) is 30.6 Å². The van der Waals surface area contributed by atoms with Crippen LogP contribution in [0.3, 0.4) is 0 Å². The molecule has 2 aliphatic heterocycles. The number of ether oxygens (including phenoxy) is 1. The molecule has 6 rings (SSSR count). The predicted molar refractivity (Wildman–Crippen MR) is 144 cm³/mol. The largest absolute Gasteiger partial charge is 0.381 e. The molecule has 37 heavy (non-hydrogen) atoms. The van der Waals surface area contributed by atoms with E-state index < -0.39 is 0 Å². The average Bonchev–Trinajstić information content (AvgIpc) is 3.64. The first-order chi connectivity index (χ1) is 18.2. The number of fused-ring (bicyclic) bond motifs is 1. The maximum absolute atomic E-state index is 12.7. The molecule has 0 radical (unpaired) electrons. The number of hydrogen-bond acceptors (Lipinski definition) is 9. The van der Waals surface area contributed by atoms with E-state index in [-0.39, 0.29) is 12.1 Å². The monoisotopic (exact) mass is 505 g/mol. The minimum atomic E-state index is -0.213. The van der Waals surface area contributed by atoms with E-state index in [4.69, 9.17) is 4.74 Å². The van der Waals surface area contributed by atoms with E-state index in [1.54, 1.807) is 7.05 Å². The number of carbonyl (C=O) groups excluding carboxylic acids is 1. The van der Waals surface area contributed by atoms with Crippen LogP contribution in [-0.4, -0.2) is 89.5 Å². The van der Waals surface area contributed by atoms with E-state index in [0.717, 1.165) is 63.8 Å². The predicted octanol–water partition coefficient (Wildman–Crippen LogP) is 2.88. The molecule has 3 aromatic rings. The second-order valence-electron chi connectivity index (χ2n) is 10.2. The Labute approximate surface area is 216 Å². The van der Waals surface area contributed by atoms with Crippen LogP contribution in [0.4, 0.5) is 27.9 Å². The highest BCUT2D eigenvalue weighted by Gasteiger charge is 2.26. The molecule has 11 heteroatoms. The molecule has 0 unspecified atom stereocenters. The SMILES string of the molecule is CNc1nc(Nc2cccc(N3CCN(CC4CCOCC4)CC3)c2)nc2c1ncn2C(=O)NC1CC1. The van der Waals surface area contributed by atoms with Gasteiger partial charge in [0.05, 0.1) is 0 Å². The summed E-state index contributed by atoms with van der Waals surface area (Å²) in [7, 11) is 1.79. The fraction of sp³-hybridized carbons (Fsp3) is 0.538. The molecule has 2 aromatic heterocycles. The highest BCUT2D eigenvalue weighted by molar-refractivity contribution is 5.92. The minimum Gasteiger partial charge on any atom is -0.381 e. The van der Waals surface area contributed by atoms with Gasteiger partial charge >= 0.3 is 6.03 Å². The molecule has 196 valence electrons. The van der Waals surface area contributed by atoms with E-state index in [1.807, 2.05) is 6.07 Å². The lowest BCUT2D eigenvalue weighted by Gasteiger charge is -2.38. The Kier molecular flexibility index (Phi) is 6.79. The molecule has 3 aliphatic rings. The fourth-order valence-corrected chi connectivity index (χ4v) is 5.14. The number of amides is 1.